The van der Waals surface area contributed by atoms with Crippen molar-refractivity contribution in [3.63, 3.8) is 0 Å². The van der Waals surface area contributed by atoms with E-state index in [-0.39, 0.29) is 6.42 Å². The Balaban J connectivity index is 2.31. The molecule has 136 valence electrons. The van der Waals surface area contributed by atoms with Crippen LogP contribution in [0.5, 0.6) is 5.75 Å². The number of aryl methyl sites for hydroxylation is 1. The van der Waals surface area contributed by atoms with Gasteiger partial charge in [-0.05, 0) is 37.8 Å². The zero-order valence-electron chi connectivity index (χ0n) is 14.5. The first-order chi connectivity index (χ1) is 11.4. The Hall–Kier alpha value is -1.92. The molecule has 0 aliphatic heterocycles. The molecule has 7 heteroatoms. The molecule has 0 radical (unpaired) electrons. The lowest BCUT2D eigenvalue weighted by atomic mass is 10.1. The number of benzene rings is 1. The predicted molar refractivity (Wildman–Crippen MR) is 90.7 cm³/mol. The SMILES string of the molecule is CN=C(NCCCCC(F)(F)F)NCCc1cc(C)ccc1OC. The number of methoxy groups -OCH3 is 1. The van der Waals surface area contributed by atoms with Gasteiger partial charge in [-0.25, -0.2) is 0 Å². The topological polar surface area (TPSA) is 45.7 Å². The molecule has 0 saturated heterocycles. The van der Waals surface area contributed by atoms with E-state index < -0.39 is 12.6 Å². The Bertz CT molecular complexity index is 530. The van der Waals surface area contributed by atoms with E-state index in [0.29, 0.717) is 25.5 Å². The second-order valence-electron chi connectivity index (χ2n) is 5.56. The van der Waals surface area contributed by atoms with E-state index >= 15 is 0 Å². The number of nitrogens with one attached hydrogen (secondary N) is 2. The fraction of sp³-hybridized carbons (Fsp3) is 0.588. The van der Waals surface area contributed by atoms with E-state index in [9.17, 15) is 13.2 Å². The van der Waals surface area contributed by atoms with Gasteiger partial charge in [0, 0.05) is 26.6 Å². The Morgan fingerprint density at radius 3 is 2.50 bits per heavy atom. The molecule has 0 amide bonds. The quantitative estimate of drug-likeness (QED) is 0.431. The number of unbranched alkanes of at least 4 members (excludes halogenated alkanes) is 1. The molecule has 0 fully saturated rings. The van der Waals surface area contributed by atoms with Crippen LogP contribution in [-0.2, 0) is 6.42 Å². The molecule has 0 aliphatic rings. The van der Waals surface area contributed by atoms with E-state index in [1.54, 1.807) is 14.2 Å². The first kappa shape index (κ1) is 20.1. The highest BCUT2D eigenvalue weighted by Crippen LogP contribution is 2.22. The summed E-state index contributed by atoms with van der Waals surface area (Å²) in [6, 6.07) is 6.02. The average molecular weight is 345 g/mol. The van der Waals surface area contributed by atoms with Crippen molar-refractivity contribution in [3.8, 4) is 5.75 Å². The second kappa shape index (κ2) is 10.1. The Kier molecular flexibility index (Phi) is 8.43. The van der Waals surface area contributed by atoms with Crippen LogP contribution in [0.4, 0.5) is 13.2 Å². The maximum absolute atomic E-state index is 12.1. The van der Waals surface area contributed by atoms with Crippen LogP contribution in [0.15, 0.2) is 23.2 Å². The number of halogens is 3. The normalized spacial score (nSPS) is 12.2. The van der Waals surface area contributed by atoms with Crippen LogP contribution in [0, 0.1) is 6.92 Å². The van der Waals surface area contributed by atoms with Gasteiger partial charge >= 0.3 is 6.18 Å². The van der Waals surface area contributed by atoms with E-state index in [4.69, 9.17) is 4.74 Å². The third-order valence-corrected chi connectivity index (χ3v) is 3.53. The van der Waals surface area contributed by atoms with Crippen molar-refractivity contribution in [2.45, 2.75) is 38.8 Å². The van der Waals surface area contributed by atoms with Crippen LogP contribution in [0.3, 0.4) is 0 Å². The number of ether oxygens (including phenoxy) is 1. The second-order valence-corrected chi connectivity index (χ2v) is 5.56. The minimum Gasteiger partial charge on any atom is -0.496 e. The van der Waals surface area contributed by atoms with E-state index in [1.807, 2.05) is 19.1 Å². The minimum absolute atomic E-state index is 0.119. The molecule has 1 rings (SSSR count). The van der Waals surface area contributed by atoms with Crippen molar-refractivity contribution < 1.29 is 17.9 Å². The van der Waals surface area contributed by atoms with Crippen LogP contribution in [0.1, 0.15) is 30.4 Å². The molecular formula is C17H26F3N3O. The number of hydrogen-bond acceptors (Lipinski definition) is 2. The number of hydrogen-bond donors (Lipinski definition) is 2. The molecule has 0 bridgehead atoms. The standard InChI is InChI=1S/C17H26F3N3O/c1-13-6-7-15(24-3)14(12-13)8-11-23-16(21-2)22-10-5-4-9-17(18,19)20/h6-7,12H,4-5,8-11H2,1-3H3,(H2,21,22,23). The van der Waals surface area contributed by atoms with Gasteiger partial charge in [0.05, 0.1) is 7.11 Å². The highest BCUT2D eigenvalue weighted by atomic mass is 19.4. The van der Waals surface area contributed by atoms with Crippen LogP contribution < -0.4 is 15.4 Å². The van der Waals surface area contributed by atoms with Crippen LogP contribution >= 0.6 is 0 Å². The molecular weight excluding hydrogens is 319 g/mol. The van der Waals surface area contributed by atoms with Gasteiger partial charge in [0.15, 0.2) is 5.96 Å². The molecule has 1 aromatic rings. The smallest absolute Gasteiger partial charge is 0.389 e. The van der Waals surface area contributed by atoms with Gasteiger partial charge in [-0.1, -0.05) is 17.7 Å². The molecule has 0 spiro atoms. The summed E-state index contributed by atoms with van der Waals surface area (Å²) in [5.41, 5.74) is 2.27. The monoisotopic (exact) mass is 345 g/mol. The van der Waals surface area contributed by atoms with Gasteiger partial charge in [-0.3, -0.25) is 4.99 Å². The summed E-state index contributed by atoms with van der Waals surface area (Å²) in [4.78, 5) is 4.07. The van der Waals surface area contributed by atoms with Gasteiger partial charge in [0.2, 0.25) is 0 Å². The van der Waals surface area contributed by atoms with Crippen molar-refractivity contribution in [2.24, 2.45) is 4.99 Å². The maximum Gasteiger partial charge on any atom is 0.389 e. The number of alkyl halides is 3. The Morgan fingerprint density at radius 1 is 1.17 bits per heavy atom. The number of rotatable bonds is 8. The molecule has 0 unspecified atom stereocenters. The van der Waals surface area contributed by atoms with Gasteiger partial charge in [-0.2, -0.15) is 13.2 Å². The molecule has 0 aliphatic carbocycles. The van der Waals surface area contributed by atoms with Crippen LogP contribution in [0.2, 0.25) is 0 Å². The van der Waals surface area contributed by atoms with Crippen molar-refractivity contribution >= 4 is 5.96 Å². The molecule has 4 nitrogen and oxygen atoms in total. The van der Waals surface area contributed by atoms with Crippen molar-refractivity contribution in [3.05, 3.63) is 29.3 Å². The van der Waals surface area contributed by atoms with E-state index in [1.165, 1.54) is 0 Å². The third-order valence-electron chi connectivity index (χ3n) is 3.53. The van der Waals surface area contributed by atoms with Crippen molar-refractivity contribution in [1.29, 1.82) is 0 Å². The minimum atomic E-state index is -4.08. The summed E-state index contributed by atoms with van der Waals surface area (Å²) >= 11 is 0. The van der Waals surface area contributed by atoms with E-state index in [0.717, 1.165) is 23.3 Å². The molecule has 24 heavy (non-hydrogen) atoms. The molecule has 1 aromatic carbocycles. The molecule has 0 saturated carbocycles. The zero-order chi connectivity index (χ0) is 18.0. The largest absolute Gasteiger partial charge is 0.496 e. The first-order valence-corrected chi connectivity index (χ1v) is 8.00. The van der Waals surface area contributed by atoms with Crippen molar-refractivity contribution in [1.82, 2.24) is 10.6 Å². The first-order valence-electron chi connectivity index (χ1n) is 8.00. The van der Waals surface area contributed by atoms with Gasteiger partial charge in [0.25, 0.3) is 0 Å². The highest BCUT2D eigenvalue weighted by molar-refractivity contribution is 5.79. The molecule has 0 atom stereocenters. The fourth-order valence-corrected chi connectivity index (χ4v) is 2.30. The van der Waals surface area contributed by atoms with Gasteiger partial charge in [-0.15, -0.1) is 0 Å². The molecule has 0 heterocycles. The maximum atomic E-state index is 12.1. The summed E-state index contributed by atoms with van der Waals surface area (Å²) in [7, 11) is 3.28. The summed E-state index contributed by atoms with van der Waals surface area (Å²) in [5.74, 6) is 1.44. The highest BCUT2D eigenvalue weighted by Gasteiger charge is 2.25. The lowest BCUT2D eigenvalue weighted by Gasteiger charge is -2.13. The summed E-state index contributed by atoms with van der Waals surface area (Å²) in [5, 5.41) is 6.18. The summed E-state index contributed by atoms with van der Waals surface area (Å²) in [6.07, 6.45) is -3.49. The third kappa shape index (κ3) is 8.08. The lowest BCUT2D eigenvalue weighted by Crippen LogP contribution is -2.38. The van der Waals surface area contributed by atoms with Crippen molar-refractivity contribution in [2.75, 3.05) is 27.2 Å². The Morgan fingerprint density at radius 2 is 1.88 bits per heavy atom. The zero-order valence-corrected chi connectivity index (χ0v) is 14.5. The average Bonchev–Trinajstić information content (AvgIpc) is 2.52. The lowest BCUT2D eigenvalue weighted by molar-refractivity contribution is -0.135. The fourth-order valence-electron chi connectivity index (χ4n) is 2.30. The Labute approximate surface area is 141 Å². The summed E-state index contributed by atoms with van der Waals surface area (Å²) < 4.78 is 41.5. The van der Waals surface area contributed by atoms with Crippen LogP contribution in [-0.4, -0.2) is 39.4 Å². The molecule has 0 aromatic heterocycles. The number of nitrogens with zero attached hydrogens (tertiary/aromatic N) is 1. The van der Waals surface area contributed by atoms with Gasteiger partial charge < -0.3 is 15.4 Å². The van der Waals surface area contributed by atoms with E-state index in [2.05, 4.69) is 21.7 Å². The van der Waals surface area contributed by atoms with Crippen LogP contribution in [0.25, 0.3) is 0 Å². The number of aliphatic imine (C=N–C) groups is 1. The number of guanidine groups is 1. The predicted octanol–water partition coefficient (Wildman–Crippen LogP) is 3.44. The molecule has 2 N–H and O–H groups in total. The summed E-state index contributed by atoms with van der Waals surface area (Å²) in [6.45, 7) is 3.14. The van der Waals surface area contributed by atoms with Gasteiger partial charge in [0.1, 0.15) is 5.75 Å².